The number of methoxy groups -OCH3 is 1. The van der Waals surface area contributed by atoms with Crippen LogP contribution in [0.5, 0.6) is 11.5 Å². The molecule has 2 N–H and O–H groups in total. The van der Waals surface area contributed by atoms with E-state index in [1.165, 1.54) is 5.56 Å². The first-order valence-electron chi connectivity index (χ1n) is 11.2. The van der Waals surface area contributed by atoms with Gasteiger partial charge in [-0.1, -0.05) is 36.4 Å². The van der Waals surface area contributed by atoms with Crippen molar-refractivity contribution in [3.63, 3.8) is 0 Å². The molecule has 2 rings (SSSR count). The highest BCUT2D eigenvalue weighted by molar-refractivity contribution is 5.86. The molecule has 0 aliphatic heterocycles. The summed E-state index contributed by atoms with van der Waals surface area (Å²) in [6, 6.07) is 16.0. The normalized spacial score (nSPS) is 11.1. The van der Waals surface area contributed by atoms with Gasteiger partial charge in [0.1, 0.15) is 0 Å². The summed E-state index contributed by atoms with van der Waals surface area (Å²) in [6.07, 6.45) is 1.81. The van der Waals surface area contributed by atoms with Gasteiger partial charge < -0.3 is 25.0 Å². The van der Waals surface area contributed by atoms with Crippen molar-refractivity contribution in [1.29, 1.82) is 0 Å². The van der Waals surface area contributed by atoms with Gasteiger partial charge in [0.05, 0.1) is 20.3 Å². The number of aliphatic imine (C=N–C) groups is 1. The lowest BCUT2D eigenvalue weighted by Crippen LogP contribution is -2.44. The number of nitrogens with one attached hydrogen (secondary N) is 2. The van der Waals surface area contributed by atoms with E-state index >= 15 is 0 Å². The Kier molecular flexibility index (Phi) is 10.9. The fourth-order valence-corrected chi connectivity index (χ4v) is 3.32. The molecule has 7 nitrogen and oxygen atoms in total. The van der Waals surface area contributed by atoms with Crippen LogP contribution in [-0.4, -0.2) is 57.2 Å². The van der Waals surface area contributed by atoms with E-state index in [0.717, 1.165) is 36.4 Å². The van der Waals surface area contributed by atoms with Crippen molar-refractivity contribution >= 4 is 11.9 Å². The number of aryl methyl sites for hydroxylation is 1. The third kappa shape index (κ3) is 8.13. The molecule has 0 fully saturated rings. The average molecular weight is 441 g/mol. The predicted molar refractivity (Wildman–Crippen MR) is 129 cm³/mol. The number of hydrogen-bond donors (Lipinski definition) is 2. The van der Waals surface area contributed by atoms with Crippen LogP contribution >= 0.6 is 0 Å². The van der Waals surface area contributed by atoms with Gasteiger partial charge in [-0.25, -0.2) is 0 Å². The Morgan fingerprint density at radius 3 is 2.47 bits per heavy atom. The third-order valence-electron chi connectivity index (χ3n) is 5.04. The first kappa shape index (κ1) is 25.0. The topological polar surface area (TPSA) is 75.2 Å². The molecule has 0 heterocycles. The fraction of sp³-hybridized carbons (Fsp3) is 0.440. The number of guanidine groups is 1. The Morgan fingerprint density at radius 1 is 1.03 bits per heavy atom. The highest BCUT2D eigenvalue weighted by Gasteiger charge is 2.12. The second-order valence-electron chi connectivity index (χ2n) is 7.27. The zero-order chi connectivity index (χ0) is 23.2. The lowest BCUT2D eigenvalue weighted by atomic mass is 10.1. The van der Waals surface area contributed by atoms with Gasteiger partial charge in [0.15, 0.2) is 17.5 Å². The molecule has 174 valence electrons. The predicted octanol–water partition coefficient (Wildman–Crippen LogP) is 3.24. The largest absolute Gasteiger partial charge is 0.493 e. The van der Waals surface area contributed by atoms with Gasteiger partial charge in [0, 0.05) is 26.7 Å². The average Bonchev–Trinajstić information content (AvgIpc) is 2.83. The molecule has 0 aromatic heterocycles. The second kappa shape index (κ2) is 14.0. The summed E-state index contributed by atoms with van der Waals surface area (Å²) in [6.45, 7) is 6.76. The molecule has 0 aliphatic rings. The minimum absolute atomic E-state index is 0.0426. The van der Waals surface area contributed by atoms with Crippen LogP contribution in [0.15, 0.2) is 53.5 Å². The van der Waals surface area contributed by atoms with Crippen molar-refractivity contribution in [2.24, 2.45) is 4.99 Å². The first-order valence-corrected chi connectivity index (χ1v) is 11.2. The number of hydrogen-bond acceptors (Lipinski definition) is 4. The van der Waals surface area contributed by atoms with Gasteiger partial charge in [-0.15, -0.1) is 0 Å². The summed E-state index contributed by atoms with van der Waals surface area (Å²) in [5.74, 6) is 2.18. The molecule has 7 heteroatoms. The molecular weight excluding hydrogens is 404 g/mol. The van der Waals surface area contributed by atoms with Crippen LogP contribution in [0.1, 0.15) is 31.4 Å². The van der Waals surface area contributed by atoms with E-state index in [-0.39, 0.29) is 12.5 Å². The lowest BCUT2D eigenvalue weighted by Gasteiger charge is -2.22. The Bertz CT molecular complexity index is 856. The van der Waals surface area contributed by atoms with Gasteiger partial charge in [0.25, 0.3) is 0 Å². The minimum Gasteiger partial charge on any atom is -0.493 e. The highest BCUT2D eigenvalue weighted by atomic mass is 16.5. The van der Waals surface area contributed by atoms with Gasteiger partial charge in [-0.3, -0.25) is 9.79 Å². The molecule has 2 aromatic rings. The molecule has 0 saturated carbocycles. The smallest absolute Gasteiger partial charge is 0.242 e. The van der Waals surface area contributed by atoms with E-state index in [4.69, 9.17) is 9.47 Å². The SMILES string of the molecule is CCOc1cc(CCCNC(=NC)NCC(=O)N(CC)Cc2ccccc2)ccc1OC. The fourth-order valence-electron chi connectivity index (χ4n) is 3.32. The van der Waals surface area contributed by atoms with Crippen molar-refractivity contribution in [2.45, 2.75) is 33.2 Å². The zero-order valence-electron chi connectivity index (χ0n) is 19.7. The van der Waals surface area contributed by atoms with Crippen molar-refractivity contribution in [1.82, 2.24) is 15.5 Å². The van der Waals surface area contributed by atoms with Crippen LogP contribution in [0.2, 0.25) is 0 Å². The summed E-state index contributed by atoms with van der Waals surface area (Å²) in [5.41, 5.74) is 2.31. The summed E-state index contributed by atoms with van der Waals surface area (Å²) in [4.78, 5) is 18.7. The summed E-state index contributed by atoms with van der Waals surface area (Å²) in [5, 5.41) is 6.40. The van der Waals surface area contributed by atoms with Crippen LogP contribution in [0.4, 0.5) is 0 Å². The molecule has 0 unspecified atom stereocenters. The van der Waals surface area contributed by atoms with E-state index in [1.807, 2.05) is 61.2 Å². The highest BCUT2D eigenvalue weighted by Crippen LogP contribution is 2.28. The Morgan fingerprint density at radius 2 is 1.81 bits per heavy atom. The second-order valence-corrected chi connectivity index (χ2v) is 7.27. The van der Waals surface area contributed by atoms with Crippen LogP contribution in [-0.2, 0) is 17.8 Å². The number of carbonyl (C=O) groups is 1. The molecular formula is C25H36N4O3. The molecule has 1 amide bonds. The summed E-state index contributed by atoms with van der Waals surface area (Å²) < 4.78 is 11.0. The molecule has 0 spiro atoms. The van der Waals surface area contributed by atoms with E-state index in [1.54, 1.807) is 14.2 Å². The van der Waals surface area contributed by atoms with E-state index in [0.29, 0.717) is 25.7 Å². The van der Waals surface area contributed by atoms with E-state index in [9.17, 15) is 4.79 Å². The van der Waals surface area contributed by atoms with Crippen LogP contribution in [0.3, 0.4) is 0 Å². The summed E-state index contributed by atoms with van der Waals surface area (Å²) in [7, 11) is 3.35. The number of carbonyl (C=O) groups excluding carboxylic acids is 1. The number of nitrogens with zero attached hydrogens (tertiary/aromatic N) is 2. The van der Waals surface area contributed by atoms with Crippen LogP contribution < -0.4 is 20.1 Å². The maximum atomic E-state index is 12.6. The van der Waals surface area contributed by atoms with Crippen molar-refractivity contribution in [3.05, 3.63) is 59.7 Å². The van der Waals surface area contributed by atoms with E-state index in [2.05, 4.69) is 21.7 Å². The molecule has 0 atom stereocenters. The van der Waals surface area contributed by atoms with Crippen molar-refractivity contribution in [3.8, 4) is 11.5 Å². The maximum Gasteiger partial charge on any atom is 0.242 e. The summed E-state index contributed by atoms with van der Waals surface area (Å²) >= 11 is 0. The lowest BCUT2D eigenvalue weighted by molar-refractivity contribution is -0.130. The van der Waals surface area contributed by atoms with Gasteiger partial charge in [-0.05, 0) is 49.9 Å². The zero-order valence-corrected chi connectivity index (χ0v) is 19.7. The standard InChI is InChI=1S/C25H36N4O3/c1-5-29(19-21-11-8-7-9-12-21)24(30)18-28-25(26-3)27-16-10-13-20-14-15-22(31-4)23(17-20)32-6-2/h7-9,11-12,14-15,17H,5-6,10,13,16,18-19H2,1-4H3,(H2,26,27,28). The molecule has 0 bridgehead atoms. The first-order chi connectivity index (χ1) is 15.6. The molecule has 0 radical (unpaired) electrons. The molecule has 0 saturated heterocycles. The van der Waals surface area contributed by atoms with Gasteiger partial charge in [-0.2, -0.15) is 0 Å². The molecule has 0 aliphatic carbocycles. The minimum atomic E-state index is 0.0426. The van der Waals surface area contributed by atoms with Crippen molar-refractivity contribution in [2.75, 3.05) is 40.4 Å². The van der Waals surface area contributed by atoms with Gasteiger partial charge in [0.2, 0.25) is 5.91 Å². The Balaban J connectivity index is 1.76. The van der Waals surface area contributed by atoms with Gasteiger partial charge >= 0.3 is 0 Å². The van der Waals surface area contributed by atoms with Crippen LogP contribution in [0.25, 0.3) is 0 Å². The maximum absolute atomic E-state index is 12.6. The number of ether oxygens (including phenoxy) is 2. The Hall–Kier alpha value is -3.22. The number of likely N-dealkylation sites (N-methyl/N-ethyl adjacent to an activating group) is 1. The third-order valence-corrected chi connectivity index (χ3v) is 5.04. The van der Waals surface area contributed by atoms with Crippen LogP contribution in [0, 0.1) is 0 Å². The number of rotatable bonds is 12. The van der Waals surface area contributed by atoms with Crippen molar-refractivity contribution < 1.29 is 14.3 Å². The number of benzene rings is 2. The Labute approximate surface area is 191 Å². The molecule has 2 aromatic carbocycles. The van der Waals surface area contributed by atoms with E-state index < -0.39 is 0 Å². The molecule has 32 heavy (non-hydrogen) atoms. The monoisotopic (exact) mass is 440 g/mol. The number of amides is 1. The quantitative estimate of drug-likeness (QED) is 0.301.